The second-order valence-corrected chi connectivity index (χ2v) is 6.38. The number of amides is 1. The average Bonchev–Trinajstić information content (AvgIpc) is 3.00. The molecule has 1 atom stereocenters. The lowest BCUT2D eigenvalue weighted by molar-refractivity contribution is -0.127. The van der Waals surface area contributed by atoms with Gasteiger partial charge in [0.05, 0.1) is 11.8 Å². The van der Waals surface area contributed by atoms with Crippen LogP contribution >= 0.6 is 11.8 Å². The second-order valence-electron chi connectivity index (χ2n) is 5.43. The molecule has 7 nitrogen and oxygen atoms in total. The molecule has 2 fully saturated rings. The van der Waals surface area contributed by atoms with E-state index in [-0.39, 0.29) is 12.5 Å². The number of carbonyl (C=O) groups excluding carboxylic acids is 1. The maximum absolute atomic E-state index is 12.2. The van der Waals surface area contributed by atoms with E-state index < -0.39 is 0 Å². The lowest BCUT2D eigenvalue weighted by Crippen LogP contribution is -2.30. The Labute approximate surface area is 121 Å². The van der Waals surface area contributed by atoms with Gasteiger partial charge >= 0.3 is 0 Å². The molecule has 110 valence electrons. The van der Waals surface area contributed by atoms with Gasteiger partial charge in [0.1, 0.15) is 0 Å². The Morgan fingerprint density at radius 1 is 1.40 bits per heavy atom. The summed E-state index contributed by atoms with van der Waals surface area (Å²) in [4.78, 5) is 14.0. The quantitative estimate of drug-likeness (QED) is 0.762. The van der Waals surface area contributed by atoms with Gasteiger partial charge in [-0.1, -0.05) is 11.8 Å². The van der Waals surface area contributed by atoms with E-state index in [4.69, 9.17) is 5.11 Å². The van der Waals surface area contributed by atoms with E-state index in [1.807, 2.05) is 9.58 Å². The molecule has 1 aromatic rings. The van der Waals surface area contributed by atoms with Gasteiger partial charge in [0, 0.05) is 19.7 Å². The topological polar surface area (TPSA) is 84.1 Å². The number of nitrogens with zero attached hydrogens (tertiary/aromatic N) is 5. The van der Waals surface area contributed by atoms with Crippen molar-refractivity contribution in [3.8, 4) is 0 Å². The predicted octanol–water partition coefficient (Wildman–Crippen LogP) is 0.331. The smallest absolute Gasteiger partial charge is 0.233 e. The molecule has 20 heavy (non-hydrogen) atoms. The molecule has 0 bridgehead atoms. The van der Waals surface area contributed by atoms with Gasteiger partial charge in [-0.2, -0.15) is 0 Å². The first kappa shape index (κ1) is 13.8. The zero-order chi connectivity index (χ0) is 13.9. The summed E-state index contributed by atoms with van der Waals surface area (Å²) >= 11 is 1.42. The van der Waals surface area contributed by atoms with Crippen LogP contribution in [0.5, 0.6) is 0 Å². The Kier molecular flexibility index (Phi) is 4.21. The number of aliphatic hydroxyl groups is 1. The van der Waals surface area contributed by atoms with E-state index in [1.165, 1.54) is 11.8 Å². The third kappa shape index (κ3) is 3.12. The highest BCUT2D eigenvalue weighted by molar-refractivity contribution is 7.99. The van der Waals surface area contributed by atoms with Crippen LogP contribution in [0, 0.1) is 5.92 Å². The van der Waals surface area contributed by atoms with Crippen LogP contribution in [0.25, 0.3) is 0 Å². The summed E-state index contributed by atoms with van der Waals surface area (Å²) < 4.78 is 1.83. The van der Waals surface area contributed by atoms with Crippen LogP contribution < -0.4 is 0 Å². The normalized spacial score (nSPS) is 22.4. The average molecular weight is 297 g/mol. The molecule has 1 unspecified atom stereocenters. The third-order valence-corrected chi connectivity index (χ3v) is 4.77. The van der Waals surface area contributed by atoms with E-state index in [9.17, 15) is 4.79 Å². The zero-order valence-corrected chi connectivity index (χ0v) is 12.1. The predicted molar refractivity (Wildman–Crippen MR) is 73.2 cm³/mol. The molecule has 1 aliphatic heterocycles. The fraction of sp³-hybridized carbons (Fsp3) is 0.833. The van der Waals surface area contributed by atoms with E-state index in [2.05, 4.69) is 15.5 Å². The largest absolute Gasteiger partial charge is 0.396 e. The molecule has 8 heteroatoms. The molecule has 3 rings (SSSR count). The van der Waals surface area contributed by atoms with Gasteiger partial charge < -0.3 is 10.0 Å². The number of tetrazole rings is 1. The molecule has 1 N–H and O–H groups in total. The van der Waals surface area contributed by atoms with E-state index in [0.717, 1.165) is 43.9 Å². The first-order valence-electron chi connectivity index (χ1n) is 7.07. The maximum atomic E-state index is 12.2. The molecule has 0 spiro atoms. The SMILES string of the molecule is O=C(CSc1nnnn1C1CC1)N1CCC(CCO)C1. The van der Waals surface area contributed by atoms with Crippen LogP contribution in [0.1, 0.15) is 31.7 Å². The van der Waals surface area contributed by atoms with Crippen molar-refractivity contribution in [1.29, 1.82) is 0 Å². The Balaban J connectivity index is 1.48. The summed E-state index contributed by atoms with van der Waals surface area (Å²) in [5.74, 6) is 0.977. The van der Waals surface area contributed by atoms with Crippen molar-refractivity contribution in [2.24, 2.45) is 5.92 Å². The monoisotopic (exact) mass is 297 g/mol. The fourth-order valence-corrected chi connectivity index (χ4v) is 3.37. The van der Waals surface area contributed by atoms with Gasteiger partial charge in [0.15, 0.2) is 0 Å². The number of aromatic nitrogens is 4. The number of aliphatic hydroxyl groups excluding tert-OH is 1. The number of hydrogen-bond acceptors (Lipinski definition) is 6. The van der Waals surface area contributed by atoms with Crippen molar-refractivity contribution >= 4 is 17.7 Å². The minimum Gasteiger partial charge on any atom is -0.396 e. The van der Waals surface area contributed by atoms with Gasteiger partial charge in [-0.15, -0.1) is 5.10 Å². The lowest BCUT2D eigenvalue weighted by Gasteiger charge is -2.15. The van der Waals surface area contributed by atoms with Crippen molar-refractivity contribution < 1.29 is 9.90 Å². The number of likely N-dealkylation sites (tertiary alicyclic amines) is 1. The maximum Gasteiger partial charge on any atom is 0.233 e. The summed E-state index contributed by atoms with van der Waals surface area (Å²) in [6.45, 7) is 1.78. The van der Waals surface area contributed by atoms with Crippen molar-refractivity contribution in [1.82, 2.24) is 25.1 Å². The Morgan fingerprint density at radius 3 is 3.00 bits per heavy atom. The molecule has 2 heterocycles. The van der Waals surface area contributed by atoms with Gasteiger partial charge in [-0.25, -0.2) is 4.68 Å². The Hall–Kier alpha value is -1.15. The molecular weight excluding hydrogens is 278 g/mol. The minimum absolute atomic E-state index is 0.140. The van der Waals surface area contributed by atoms with E-state index in [1.54, 1.807) is 0 Å². The molecule has 1 saturated heterocycles. The van der Waals surface area contributed by atoms with Gasteiger partial charge in [0.25, 0.3) is 0 Å². The molecule has 1 aromatic heterocycles. The summed E-state index contributed by atoms with van der Waals surface area (Å²) in [6, 6.07) is 0.434. The summed E-state index contributed by atoms with van der Waals surface area (Å²) in [5, 5.41) is 21.3. The van der Waals surface area contributed by atoms with Gasteiger partial charge in [-0.05, 0) is 42.0 Å². The Morgan fingerprint density at radius 2 is 2.25 bits per heavy atom. The van der Waals surface area contributed by atoms with Gasteiger partial charge in [0.2, 0.25) is 11.1 Å². The number of carbonyl (C=O) groups is 1. The zero-order valence-electron chi connectivity index (χ0n) is 11.3. The molecule has 0 radical (unpaired) electrons. The molecular formula is C12H19N5O2S. The summed E-state index contributed by atoms with van der Waals surface area (Å²) in [7, 11) is 0. The molecule has 0 aromatic carbocycles. The van der Waals surface area contributed by atoms with E-state index >= 15 is 0 Å². The number of hydrogen-bond donors (Lipinski definition) is 1. The van der Waals surface area contributed by atoms with Crippen molar-refractivity contribution in [3.05, 3.63) is 0 Å². The lowest BCUT2D eigenvalue weighted by atomic mass is 10.1. The highest BCUT2D eigenvalue weighted by atomic mass is 32.2. The van der Waals surface area contributed by atoms with Crippen LogP contribution in [-0.2, 0) is 4.79 Å². The summed E-state index contributed by atoms with van der Waals surface area (Å²) in [5.41, 5.74) is 0. The van der Waals surface area contributed by atoms with Crippen LogP contribution in [0.2, 0.25) is 0 Å². The van der Waals surface area contributed by atoms with Crippen molar-refractivity contribution in [2.45, 2.75) is 36.9 Å². The number of thioether (sulfide) groups is 1. The molecule has 1 amide bonds. The van der Waals surface area contributed by atoms with Crippen LogP contribution in [0.15, 0.2) is 5.16 Å². The standard InChI is InChI=1S/C12H19N5O2S/c18-6-4-9-3-5-16(7-9)11(19)8-20-12-13-14-15-17(12)10-1-2-10/h9-10,18H,1-8H2. The Bertz CT molecular complexity index is 476. The summed E-state index contributed by atoms with van der Waals surface area (Å²) in [6.07, 6.45) is 4.04. The highest BCUT2D eigenvalue weighted by Gasteiger charge is 2.29. The van der Waals surface area contributed by atoms with Crippen LogP contribution in [0.4, 0.5) is 0 Å². The second kappa shape index (κ2) is 6.09. The minimum atomic E-state index is 0.140. The van der Waals surface area contributed by atoms with Crippen LogP contribution in [-0.4, -0.2) is 61.6 Å². The van der Waals surface area contributed by atoms with E-state index in [0.29, 0.717) is 17.7 Å². The van der Waals surface area contributed by atoms with Gasteiger partial charge in [-0.3, -0.25) is 4.79 Å². The number of rotatable bonds is 6. The highest BCUT2D eigenvalue weighted by Crippen LogP contribution is 2.36. The van der Waals surface area contributed by atoms with Crippen LogP contribution in [0.3, 0.4) is 0 Å². The third-order valence-electron chi connectivity index (χ3n) is 3.86. The molecule has 1 aliphatic carbocycles. The fourth-order valence-electron chi connectivity index (χ4n) is 2.52. The van der Waals surface area contributed by atoms with Crippen molar-refractivity contribution in [3.63, 3.8) is 0 Å². The molecule has 2 aliphatic rings. The first-order chi connectivity index (χ1) is 9.78. The molecule has 1 saturated carbocycles. The first-order valence-corrected chi connectivity index (χ1v) is 8.06. The van der Waals surface area contributed by atoms with Crippen molar-refractivity contribution in [2.75, 3.05) is 25.4 Å².